The summed E-state index contributed by atoms with van der Waals surface area (Å²) in [6, 6.07) is 7.78. The maximum Gasteiger partial charge on any atom is 0.226 e. The highest BCUT2D eigenvalue weighted by Gasteiger charge is 2.08. The summed E-state index contributed by atoms with van der Waals surface area (Å²) in [5.41, 5.74) is 2.90. The lowest BCUT2D eigenvalue weighted by Crippen LogP contribution is -2.17. The lowest BCUT2D eigenvalue weighted by atomic mass is 10.1. The molecule has 1 N–H and O–H groups in total. The number of amides is 1. The van der Waals surface area contributed by atoms with Gasteiger partial charge in [-0.3, -0.25) is 9.48 Å². The Labute approximate surface area is 107 Å². The molecular formula is C14H17N3O. The molecule has 2 rings (SSSR count). The Morgan fingerprint density at radius 1 is 1.33 bits per heavy atom. The average molecular weight is 243 g/mol. The van der Waals surface area contributed by atoms with Crippen LogP contribution in [0.1, 0.15) is 13.8 Å². The first-order chi connectivity index (χ1) is 8.56. The van der Waals surface area contributed by atoms with E-state index in [4.69, 9.17) is 0 Å². The second-order valence-corrected chi connectivity index (χ2v) is 4.63. The van der Waals surface area contributed by atoms with Gasteiger partial charge in [-0.15, -0.1) is 0 Å². The number of benzene rings is 1. The quantitative estimate of drug-likeness (QED) is 0.901. The van der Waals surface area contributed by atoms with Gasteiger partial charge in [-0.1, -0.05) is 26.0 Å². The Kier molecular flexibility index (Phi) is 3.46. The standard InChI is InChI=1S/C14H17N3O/c1-10(2)14(18)16-13-6-4-5-11(7-13)12-8-15-17(3)9-12/h4-10H,1-3H3,(H,16,18). The highest BCUT2D eigenvalue weighted by atomic mass is 16.1. The highest BCUT2D eigenvalue weighted by Crippen LogP contribution is 2.22. The zero-order valence-electron chi connectivity index (χ0n) is 10.8. The molecule has 1 aromatic heterocycles. The second-order valence-electron chi connectivity index (χ2n) is 4.63. The number of aromatic nitrogens is 2. The third-order valence-corrected chi connectivity index (χ3v) is 2.69. The predicted molar refractivity (Wildman–Crippen MR) is 72.1 cm³/mol. The van der Waals surface area contributed by atoms with Crippen LogP contribution in [-0.4, -0.2) is 15.7 Å². The van der Waals surface area contributed by atoms with Gasteiger partial charge in [0.15, 0.2) is 0 Å². The summed E-state index contributed by atoms with van der Waals surface area (Å²) < 4.78 is 1.76. The summed E-state index contributed by atoms with van der Waals surface area (Å²) in [7, 11) is 1.88. The molecule has 0 spiro atoms. The van der Waals surface area contributed by atoms with Crippen LogP contribution in [0.5, 0.6) is 0 Å². The van der Waals surface area contributed by atoms with Crippen LogP contribution < -0.4 is 5.32 Å². The number of rotatable bonds is 3. The average Bonchev–Trinajstić information content (AvgIpc) is 2.76. The fourth-order valence-corrected chi connectivity index (χ4v) is 1.63. The maximum absolute atomic E-state index is 11.6. The molecule has 4 nitrogen and oxygen atoms in total. The molecule has 0 aliphatic heterocycles. The molecule has 18 heavy (non-hydrogen) atoms. The van der Waals surface area contributed by atoms with Gasteiger partial charge in [0.1, 0.15) is 0 Å². The van der Waals surface area contributed by atoms with Gasteiger partial charge in [-0.05, 0) is 17.7 Å². The lowest BCUT2D eigenvalue weighted by Gasteiger charge is -2.08. The zero-order chi connectivity index (χ0) is 13.1. The first-order valence-electron chi connectivity index (χ1n) is 5.96. The third-order valence-electron chi connectivity index (χ3n) is 2.69. The summed E-state index contributed by atoms with van der Waals surface area (Å²) >= 11 is 0. The van der Waals surface area contributed by atoms with Crippen LogP contribution >= 0.6 is 0 Å². The van der Waals surface area contributed by atoms with E-state index in [0.717, 1.165) is 16.8 Å². The van der Waals surface area contributed by atoms with Crippen LogP contribution in [0.2, 0.25) is 0 Å². The Bertz CT molecular complexity index is 558. The molecule has 4 heteroatoms. The van der Waals surface area contributed by atoms with E-state index >= 15 is 0 Å². The fraction of sp³-hybridized carbons (Fsp3) is 0.286. The minimum atomic E-state index is -0.0213. The summed E-state index contributed by atoms with van der Waals surface area (Å²) in [5.74, 6) is 0.00499. The van der Waals surface area contributed by atoms with E-state index in [-0.39, 0.29) is 11.8 Å². The zero-order valence-corrected chi connectivity index (χ0v) is 10.8. The summed E-state index contributed by atoms with van der Waals surface area (Å²) in [6.45, 7) is 3.75. The summed E-state index contributed by atoms with van der Waals surface area (Å²) in [5, 5.41) is 7.03. The van der Waals surface area contributed by atoms with Gasteiger partial charge in [0.2, 0.25) is 5.91 Å². The van der Waals surface area contributed by atoms with Crippen LogP contribution in [0.25, 0.3) is 11.1 Å². The minimum Gasteiger partial charge on any atom is -0.326 e. The Morgan fingerprint density at radius 3 is 2.72 bits per heavy atom. The molecule has 0 radical (unpaired) electrons. The van der Waals surface area contributed by atoms with Crippen LogP contribution in [0.15, 0.2) is 36.7 Å². The molecule has 1 aromatic carbocycles. The van der Waals surface area contributed by atoms with Crippen molar-refractivity contribution >= 4 is 11.6 Å². The number of hydrogen-bond donors (Lipinski definition) is 1. The van der Waals surface area contributed by atoms with Crippen molar-refractivity contribution in [1.29, 1.82) is 0 Å². The summed E-state index contributed by atoms with van der Waals surface area (Å²) in [6.07, 6.45) is 3.76. The maximum atomic E-state index is 11.6. The van der Waals surface area contributed by atoms with E-state index in [1.165, 1.54) is 0 Å². The van der Waals surface area contributed by atoms with Gasteiger partial charge >= 0.3 is 0 Å². The third kappa shape index (κ3) is 2.77. The van der Waals surface area contributed by atoms with Crippen molar-refractivity contribution in [3.05, 3.63) is 36.7 Å². The molecule has 0 unspecified atom stereocenters. The monoisotopic (exact) mass is 243 g/mol. The van der Waals surface area contributed by atoms with Crippen LogP contribution in [0.3, 0.4) is 0 Å². The molecule has 94 valence electrons. The number of anilines is 1. The first-order valence-corrected chi connectivity index (χ1v) is 5.96. The Hall–Kier alpha value is -2.10. The number of nitrogens with one attached hydrogen (secondary N) is 1. The van der Waals surface area contributed by atoms with Gasteiger partial charge in [0.25, 0.3) is 0 Å². The molecule has 0 saturated carbocycles. The van der Waals surface area contributed by atoms with Crippen molar-refractivity contribution in [2.24, 2.45) is 13.0 Å². The molecule has 0 aliphatic rings. The van der Waals surface area contributed by atoms with E-state index in [2.05, 4.69) is 10.4 Å². The molecule has 0 aliphatic carbocycles. The first kappa shape index (κ1) is 12.4. The van der Waals surface area contributed by atoms with E-state index in [1.54, 1.807) is 4.68 Å². The normalized spacial score (nSPS) is 10.7. The van der Waals surface area contributed by atoms with Gasteiger partial charge in [-0.25, -0.2) is 0 Å². The summed E-state index contributed by atoms with van der Waals surface area (Å²) in [4.78, 5) is 11.6. The molecule has 1 heterocycles. The molecule has 2 aromatic rings. The number of nitrogens with zero attached hydrogens (tertiary/aromatic N) is 2. The fourth-order valence-electron chi connectivity index (χ4n) is 1.63. The Morgan fingerprint density at radius 2 is 2.11 bits per heavy atom. The van der Waals surface area contributed by atoms with Crippen LogP contribution in [0, 0.1) is 5.92 Å². The second kappa shape index (κ2) is 5.04. The topological polar surface area (TPSA) is 46.9 Å². The number of aryl methyl sites for hydroxylation is 1. The van der Waals surface area contributed by atoms with E-state index in [1.807, 2.05) is 57.6 Å². The molecule has 0 bridgehead atoms. The number of hydrogen-bond acceptors (Lipinski definition) is 2. The highest BCUT2D eigenvalue weighted by molar-refractivity contribution is 5.92. The van der Waals surface area contributed by atoms with Crippen molar-refractivity contribution in [3.8, 4) is 11.1 Å². The molecule has 0 saturated heterocycles. The van der Waals surface area contributed by atoms with E-state index in [0.29, 0.717) is 0 Å². The minimum absolute atomic E-state index is 0.0213. The SMILES string of the molecule is CC(C)C(=O)Nc1cccc(-c2cnn(C)c2)c1. The molecular weight excluding hydrogens is 226 g/mol. The number of carbonyl (C=O) groups excluding carboxylic acids is 1. The Balaban J connectivity index is 2.23. The van der Waals surface area contributed by atoms with Crippen LogP contribution in [-0.2, 0) is 11.8 Å². The number of carbonyl (C=O) groups is 1. The van der Waals surface area contributed by atoms with Crippen molar-refractivity contribution in [2.75, 3.05) is 5.32 Å². The molecule has 0 atom stereocenters. The van der Waals surface area contributed by atoms with E-state index < -0.39 is 0 Å². The van der Waals surface area contributed by atoms with Gasteiger partial charge in [-0.2, -0.15) is 5.10 Å². The van der Waals surface area contributed by atoms with Crippen molar-refractivity contribution < 1.29 is 4.79 Å². The smallest absolute Gasteiger partial charge is 0.226 e. The van der Waals surface area contributed by atoms with Crippen molar-refractivity contribution in [2.45, 2.75) is 13.8 Å². The molecule has 1 amide bonds. The van der Waals surface area contributed by atoms with Crippen molar-refractivity contribution in [3.63, 3.8) is 0 Å². The van der Waals surface area contributed by atoms with Gasteiger partial charge < -0.3 is 5.32 Å². The predicted octanol–water partition coefficient (Wildman–Crippen LogP) is 2.68. The van der Waals surface area contributed by atoms with E-state index in [9.17, 15) is 4.79 Å². The molecule has 0 fully saturated rings. The van der Waals surface area contributed by atoms with Crippen molar-refractivity contribution in [1.82, 2.24) is 9.78 Å². The lowest BCUT2D eigenvalue weighted by molar-refractivity contribution is -0.118. The van der Waals surface area contributed by atoms with Gasteiger partial charge in [0, 0.05) is 30.4 Å². The largest absolute Gasteiger partial charge is 0.326 e. The van der Waals surface area contributed by atoms with Crippen LogP contribution in [0.4, 0.5) is 5.69 Å². The van der Waals surface area contributed by atoms with Gasteiger partial charge in [0.05, 0.1) is 6.20 Å².